The normalized spacial score (nSPS) is 14.2. The van der Waals surface area contributed by atoms with Gasteiger partial charge >= 0.3 is 0 Å². The lowest BCUT2D eigenvalue weighted by Crippen LogP contribution is -2.39. The Balaban J connectivity index is 2.47. The van der Waals surface area contributed by atoms with Crippen molar-refractivity contribution in [2.75, 3.05) is 0 Å². The highest BCUT2D eigenvalue weighted by Gasteiger charge is 2.17. The van der Waals surface area contributed by atoms with E-state index in [1.54, 1.807) is 0 Å². The van der Waals surface area contributed by atoms with Crippen molar-refractivity contribution < 1.29 is 4.79 Å². The van der Waals surface area contributed by atoms with Gasteiger partial charge in [0.1, 0.15) is 0 Å². The van der Waals surface area contributed by atoms with E-state index in [0.717, 1.165) is 18.4 Å². The summed E-state index contributed by atoms with van der Waals surface area (Å²) in [7, 11) is 0. The number of rotatable bonds is 7. The lowest BCUT2D eigenvalue weighted by Gasteiger charge is -2.23. The molecular weight excluding hydrogens is 236 g/mol. The van der Waals surface area contributed by atoms with E-state index >= 15 is 0 Å². The SMILES string of the molecule is CCC(CC)C(C)NC(=O)CC(N)c1ccccc1. The number of carbonyl (C=O) groups excluding carboxylic acids is 1. The number of hydrogen-bond donors (Lipinski definition) is 2. The van der Waals surface area contributed by atoms with Gasteiger partial charge in [-0.3, -0.25) is 4.79 Å². The highest BCUT2D eigenvalue weighted by molar-refractivity contribution is 5.77. The minimum atomic E-state index is -0.227. The van der Waals surface area contributed by atoms with Gasteiger partial charge in [0.05, 0.1) is 0 Å². The number of nitrogens with two attached hydrogens (primary N) is 1. The third kappa shape index (κ3) is 5.03. The van der Waals surface area contributed by atoms with Crippen molar-refractivity contribution in [3.63, 3.8) is 0 Å². The molecule has 2 atom stereocenters. The van der Waals surface area contributed by atoms with Gasteiger partial charge in [0.25, 0.3) is 0 Å². The maximum absolute atomic E-state index is 12.0. The molecule has 0 heterocycles. The summed E-state index contributed by atoms with van der Waals surface area (Å²) in [6.07, 6.45) is 2.51. The molecule has 3 heteroatoms. The van der Waals surface area contributed by atoms with Gasteiger partial charge in [0.15, 0.2) is 0 Å². The van der Waals surface area contributed by atoms with Crippen LogP contribution >= 0.6 is 0 Å². The lowest BCUT2D eigenvalue weighted by atomic mass is 9.95. The van der Waals surface area contributed by atoms with Crippen LogP contribution in [-0.2, 0) is 4.79 Å². The Morgan fingerprint density at radius 1 is 1.21 bits per heavy atom. The first kappa shape index (κ1) is 15.7. The fourth-order valence-electron chi connectivity index (χ4n) is 2.44. The Morgan fingerprint density at radius 2 is 1.79 bits per heavy atom. The average Bonchev–Trinajstić information content (AvgIpc) is 2.40. The highest BCUT2D eigenvalue weighted by atomic mass is 16.1. The first-order chi connectivity index (χ1) is 9.08. The van der Waals surface area contributed by atoms with E-state index < -0.39 is 0 Å². The van der Waals surface area contributed by atoms with E-state index in [9.17, 15) is 4.79 Å². The number of nitrogens with one attached hydrogen (secondary N) is 1. The molecule has 0 saturated heterocycles. The van der Waals surface area contributed by atoms with Crippen LogP contribution in [0.4, 0.5) is 0 Å². The second-order valence-electron chi connectivity index (χ2n) is 5.15. The second kappa shape index (κ2) is 7.95. The van der Waals surface area contributed by atoms with Gasteiger partial charge in [-0.1, -0.05) is 57.0 Å². The second-order valence-corrected chi connectivity index (χ2v) is 5.15. The quantitative estimate of drug-likeness (QED) is 0.793. The molecule has 0 aliphatic rings. The van der Waals surface area contributed by atoms with Crippen LogP contribution in [0.2, 0.25) is 0 Å². The van der Waals surface area contributed by atoms with Gasteiger partial charge in [-0.15, -0.1) is 0 Å². The van der Waals surface area contributed by atoms with Crippen LogP contribution in [0.25, 0.3) is 0 Å². The average molecular weight is 262 g/mol. The first-order valence-corrected chi connectivity index (χ1v) is 7.18. The molecule has 0 fully saturated rings. The van der Waals surface area contributed by atoms with E-state index in [1.165, 1.54) is 0 Å². The highest BCUT2D eigenvalue weighted by Crippen LogP contribution is 2.15. The fourth-order valence-corrected chi connectivity index (χ4v) is 2.44. The van der Waals surface area contributed by atoms with E-state index in [4.69, 9.17) is 5.73 Å². The Kier molecular flexibility index (Phi) is 6.57. The monoisotopic (exact) mass is 262 g/mol. The Hall–Kier alpha value is -1.35. The first-order valence-electron chi connectivity index (χ1n) is 7.18. The molecule has 2 unspecified atom stereocenters. The molecule has 19 heavy (non-hydrogen) atoms. The molecule has 1 aromatic carbocycles. The molecule has 0 aromatic heterocycles. The van der Waals surface area contributed by atoms with Crippen molar-refractivity contribution in [2.24, 2.45) is 11.7 Å². The van der Waals surface area contributed by atoms with Crippen molar-refractivity contribution in [2.45, 2.75) is 52.1 Å². The molecule has 1 rings (SSSR count). The fraction of sp³-hybridized carbons (Fsp3) is 0.562. The van der Waals surface area contributed by atoms with Crippen molar-refractivity contribution in [1.29, 1.82) is 0 Å². The minimum absolute atomic E-state index is 0.0377. The minimum Gasteiger partial charge on any atom is -0.353 e. The molecule has 1 amide bonds. The van der Waals surface area contributed by atoms with Gasteiger partial charge in [0, 0.05) is 18.5 Å². The molecule has 0 saturated carbocycles. The summed E-state index contributed by atoms with van der Waals surface area (Å²) in [5.74, 6) is 0.577. The van der Waals surface area contributed by atoms with E-state index in [-0.39, 0.29) is 18.0 Å². The molecule has 106 valence electrons. The Labute approximate surface area is 116 Å². The third-order valence-corrected chi connectivity index (χ3v) is 3.78. The summed E-state index contributed by atoms with van der Waals surface area (Å²) in [6, 6.07) is 9.75. The van der Waals surface area contributed by atoms with Gasteiger partial charge < -0.3 is 11.1 Å². The number of hydrogen-bond acceptors (Lipinski definition) is 2. The summed E-state index contributed by atoms with van der Waals surface area (Å²) in [5, 5.41) is 3.06. The zero-order valence-electron chi connectivity index (χ0n) is 12.2. The van der Waals surface area contributed by atoms with Crippen molar-refractivity contribution in [3.8, 4) is 0 Å². The number of amides is 1. The van der Waals surface area contributed by atoms with Crippen LogP contribution in [0.3, 0.4) is 0 Å². The maximum atomic E-state index is 12.0. The van der Waals surface area contributed by atoms with Gasteiger partial charge in [-0.25, -0.2) is 0 Å². The van der Waals surface area contributed by atoms with Gasteiger partial charge in [0.2, 0.25) is 5.91 Å². The summed E-state index contributed by atoms with van der Waals surface area (Å²) >= 11 is 0. The summed E-state index contributed by atoms with van der Waals surface area (Å²) in [5.41, 5.74) is 7.06. The van der Waals surface area contributed by atoms with Crippen LogP contribution in [0, 0.1) is 5.92 Å². The van der Waals surface area contributed by atoms with Crippen LogP contribution in [-0.4, -0.2) is 11.9 Å². The van der Waals surface area contributed by atoms with Crippen molar-refractivity contribution >= 4 is 5.91 Å². The molecular formula is C16H26N2O. The zero-order valence-corrected chi connectivity index (χ0v) is 12.2. The molecule has 0 spiro atoms. The van der Waals surface area contributed by atoms with E-state index in [1.807, 2.05) is 30.3 Å². The number of carbonyl (C=O) groups is 1. The Bertz CT molecular complexity index is 374. The lowest BCUT2D eigenvalue weighted by molar-refractivity contribution is -0.122. The van der Waals surface area contributed by atoms with E-state index in [0.29, 0.717) is 12.3 Å². The predicted octanol–water partition coefficient (Wildman–Crippen LogP) is 3.02. The van der Waals surface area contributed by atoms with Crippen LogP contribution in [0.5, 0.6) is 0 Å². The van der Waals surface area contributed by atoms with Gasteiger partial charge in [-0.2, -0.15) is 0 Å². The molecule has 1 aromatic rings. The largest absolute Gasteiger partial charge is 0.353 e. The molecule has 0 aliphatic carbocycles. The molecule has 0 radical (unpaired) electrons. The smallest absolute Gasteiger partial charge is 0.222 e. The van der Waals surface area contributed by atoms with Crippen molar-refractivity contribution in [1.82, 2.24) is 5.32 Å². The summed E-state index contributed by atoms with van der Waals surface area (Å²) < 4.78 is 0. The molecule has 3 N–H and O–H groups in total. The topological polar surface area (TPSA) is 55.1 Å². The van der Waals surface area contributed by atoms with Crippen molar-refractivity contribution in [3.05, 3.63) is 35.9 Å². The zero-order chi connectivity index (χ0) is 14.3. The van der Waals surface area contributed by atoms with E-state index in [2.05, 4.69) is 26.1 Å². The molecule has 0 aliphatic heterocycles. The summed E-state index contributed by atoms with van der Waals surface area (Å²) in [6.45, 7) is 6.39. The predicted molar refractivity (Wildman–Crippen MR) is 79.7 cm³/mol. The molecule has 3 nitrogen and oxygen atoms in total. The van der Waals surface area contributed by atoms with Crippen LogP contribution in [0.1, 0.15) is 51.6 Å². The van der Waals surface area contributed by atoms with Gasteiger partial charge in [-0.05, 0) is 18.4 Å². The van der Waals surface area contributed by atoms with Crippen LogP contribution < -0.4 is 11.1 Å². The standard InChI is InChI=1S/C16H26N2O/c1-4-13(5-2)12(3)18-16(19)11-15(17)14-9-7-6-8-10-14/h6-10,12-13,15H,4-5,11,17H2,1-3H3,(H,18,19). The maximum Gasteiger partial charge on any atom is 0.222 e. The van der Waals surface area contributed by atoms with Crippen LogP contribution in [0.15, 0.2) is 30.3 Å². The number of benzene rings is 1. The Morgan fingerprint density at radius 3 is 2.32 bits per heavy atom. The third-order valence-electron chi connectivity index (χ3n) is 3.78. The summed E-state index contributed by atoms with van der Waals surface area (Å²) in [4.78, 5) is 12.0. The molecule has 0 bridgehead atoms.